The quantitative estimate of drug-likeness (QED) is 0.877. The van der Waals surface area contributed by atoms with Crippen molar-refractivity contribution in [2.45, 2.75) is 31.7 Å². The van der Waals surface area contributed by atoms with Crippen molar-refractivity contribution in [2.24, 2.45) is 0 Å². The van der Waals surface area contributed by atoms with Gasteiger partial charge >= 0.3 is 5.97 Å². The van der Waals surface area contributed by atoms with Crippen molar-refractivity contribution in [3.63, 3.8) is 0 Å². The first-order chi connectivity index (χ1) is 11.6. The standard InChI is InChI=1S/C17H20N2O5/c20-15-7-3-8-18(15)12-4-1-5-13(10-12)24-11-16(21)19-9-2-6-14(19)17(22)23/h1,4-5,10,14H,2-3,6-9,11H2,(H,22,23). The zero-order valence-corrected chi connectivity index (χ0v) is 13.3. The van der Waals surface area contributed by atoms with Crippen LogP contribution in [0.15, 0.2) is 24.3 Å². The first-order valence-electron chi connectivity index (χ1n) is 8.12. The predicted molar refractivity (Wildman–Crippen MR) is 85.9 cm³/mol. The van der Waals surface area contributed by atoms with Gasteiger partial charge in [0.15, 0.2) is 6.61 Å². The molecule has 0 aromatic heterocycles. The number of rotatable bonds is 5. The molecule has 1 atom stereocenters. The fourth-order valence-electron chi connectivity index (χ4n) is 3.21. The molecule has 1 unspecified atom stereocenters. The number of benzene rings is 1. The van der Waals surface area contributed by atoms with E-state index >= 15 is 0 Å². The van der Waals surface area contributed by atoms with Gasteiger partial charge in [0.05, 0.1) is 0 Å². The molecule has 7 nitrogen and oxygen atoms in total. The van der Waals surface area contributed by atoms with Crippen LogP contribution in [0.2, 0.25) is 0 Å². The van der Waals surface area contributed by atoms with E-state index in [1.54, 1.807) is 23.1 Å². The number of carboxylic acids is 1. The molecule has 2 aliphatic heterocycles. The molecule has 0 saturated carbocycles. The van der Waals surface area contributed by atoms with Gasteiger partial charge in [0, 0.05) is 31.3 Å². The zero-order chi connectivity index (χ0) is 17.1. The van der Waals surface area contributed by atoms with Gasteiger partial charge in [0.25, 0.3) is 5.91 Å². The summed E-state index contributed by atoms with van der Waals surface area (Å²) >= 11 is 0. The summed E-state index contributed by atoms with van der Waals surface area (Å²) in [6, 6.07) is 6.30. The van der Waals surface area contributed by atoms with Crippen LogP contribution < -0.4 is 9.64 Å². The minimum absolute atomic E-state index is 0.0876. The van der Waals surface area contributed by atoms with Crippen LogP contribution in [0.1, 0.15) is 25.7 Å². The van der Waals surface area contributed by atoms with Gasteiger partial charge in [-0.2, -0.15) is 0 Å². The van der Waals surface area contributed by atoms with Crippen LogP contribution >= 0.6 is 0 Å². The minimum atomic E-state index is -0.976. The first-order valence-corrected chi connectivity index (χ1v) is 8.12. The SMILES string of the molecule is O=C(O)C1CCCN1C(=O)COc1cccc(N2CCCC2=O)c1. The topological polar surface area (TPSA) is 87.2 Å². The number of carbonyl (C=O) groups is 3. The molecule has 2 amide bonds. The third-order valence-electron chi connectivity index (χ3n) is 4.42. The molecule has 7 heteroatoms. The summed E-state index contributed by atoms with van der Waals surface area (Å²) in [6.07, 6.45) is 2.56. The lowest BCUT2D eigenvalue weighted by molar-refractivity contribution is -0.148. The number of hydrogen-bond acceptors (Lipinski definition) is 4. The van der Waals surface area contributed by atoms with Crippen LogP contribution in [-0.2, 0) is 14.4 Å². The summed E-state index contributed by atoms with van der Waals surface area (Å²) in [4.78, 5) is 38.2. The number of ether oxygens (including phenoxy) is 1. The average Bonchev–Trinajstić information content (AvgIpc) is 3.21. The molecule has 24 heavy (non-hydrogen) atoms. The smallest absolute Gasteiger partial charge is 0.326 e. The van der Waals surface area contributed by atoms with Gasteiger partial charge in [0.1, 0.15) is 11.8 Å². The third kappa shape index (κ3) is 3.34. The average molecular weight is 332 g/mol. The van der Waals surface area contributed by atoms with E-state index in [9.17, 15) is 14.4 Å². The molecule has 2 saturated heterocycles. The molecule has 0 bridgehead atoms. The Morgan fingerprint density at radius 3 is 2.79 bits per heavy atom. The molecular weight excluding hydrogens is 312 g/mol. The molecule has 0 aliphatic carbocycles. The van der Waals surface area contributed by atoms with E-state index in [4.69, 9.17) is 9.84 Å². The molecule has 2 fully saturated rings. The fourth-order valence-corrected chi connectivity index (χ4v) is 3.21. The lowest BCUT2D eigenvalue weighted by Crippen LogP contribution is -2.42. The Hall–Kier alpha value is -2.57. The molecule has 3 rings (SSSR count). The van der Waals surface area contributed by atoms with E-state index in [0.29, 0.717) is 38.1 Å². The van der Waals surface area contributed by atoms with Gasteiger partial charge in [-0.1, -0.05) is 6.07 Å². The highest BCUT2D eigenvalue weighted by Gasteiger charge is 2.34. The highest BCUT2D eigenvalue weighted by molar-refractivity contribution is 5.95. The number of nitrogens with zero attached hydrogens (tertiary/aromatic N) is 2. The summed E-state index contributed by atoms with van der Waals surface area (Å²) < 4.78 is 5.52. The van der Waals surface area contributed by atoms with Crippen LogP contribution in [0.25, 0.3) is 0 Å². The van der Waals surface area contributed by atoms with Crippen molar-refractivity contribution < 1.29 is 24.2 Å². The lowest BCUT2D eigenvalue weighted by Gasteiger charge is -2.21. The number of anilines is 1. The van der Waals surface area contributed by atoms with Gasteiger partial charge < -0.3 is 19.6 Å². The van der Waals surface area contributed by atoms with Gasteiger partial charge in [-0.15, -0.1) is 0 Å². The number of likely N-dealkylation sites (tertiary alicyclic amines) is 1. The minimum Gasteiger partial charge on any atom is -0.484 e. The van der Waals surface area contributed by atoms with E-state index in [2.05, 4.69) is 0 Å². The van der Waals surface area contributed by atoms with Crippen molar-refractivity contribution in [3.05, 3.63) is 24.3 Å². The van der Waals surface area contributed by atoms with Crippen molar-refractivity contribution >= 4 is 23.5 Å². The number of aliphatic carboxylic acids is 1. The Balaban J connectivity index is 1.61. The van der Waals surface area contributed by atoms with E-state index in [0.717, 1.165) is 12.1 Å². The van der Waals surface area contributed by atoms with Gasteiger partial charge in [0.2, 0.25) is 5.91 Å². The summed E-state index contributed by atoms with van der Waals surface area (Å²) in [5.74, 6) is -0.728. The number of carbonyl (C=O) groups excluding carboxylic acids is 2. The zero-order valence-electron chi connectivity index (χ0n) is 13.3. The highest BCUT2D eigenvalue weighted by atomic mass is 16.5. The molecule has 1 N–H and O–H groups in total. The Morgan fingerprint density at radius 1 is 1.25 bits per heavy atom. The van der Waals surface area contributed by atoms with Crippen molar-refractivity contribution in [1.82, 2.24) is 4.90 Å². The molecule has 128 valence electrons. The largest absolute Gasteiger partial charge is 0.484 e. The molecule has 0 spiro atoms. The van der Waals surface area contributed by atoms with E-state index in [1.165, 1.54) is 4.90 Å². The second-order valence-electron chi connectivity index (χ2n) is 6.02. The van der Waals surface area contributed by atoms with Gasteiger partial charge in [-0.05, 0) is 31.4 Å². The maximum absolute atomic E-state index is 12.2. The monoisotopic (exact) mass is 332 g/mol. The molecule has 0 radical (unpaired) electrons. The highest BCUT2D eigenvalue weighted by Crippen LogP contribution is 2.25. The Bertz CT molecular complexity index is 660. The number of hydrogen-bond donors (Lipinski definition) is 1. The maximum atomic E-state index is 12.2. The number of amides is 2. The van der Waals surface area contributed by atoms with E-state index in [1.807, 2.05) is 6.07 Å². The molecular formula is C17H20N2O5. The summed E-state index contributed by atoms with van der Waals surface area (Å²) in [5.41, 5.74) is 0.757. The van der Waals surface area contributed by atoms with E-state index < -0.39 is 12.0 Å². The molecule has 2 heterocycles. The lowest BCUT2D eigenvalue weighted by atomic mass is 10.2. The summed E-state index contributed by atoms with van der Waals surface area (Å²) in [7, 11) is 0. The van der Waals surface area contributed by atoms with Crippen LogP contribution in [0.3, 0.4) is 0 Å². The van der Waals surface area contributed by atoms with Gasteiger partial charge in [-0.25, -0.2) is 4.79 Å². The molecule has 1 aromatic carbocycles. The summed E-state index contributed by atoms with van der Waals surface area (Å²) in [5, 5.41) is 9.13. The molecule has 1 aromatic rings. The second kappa shape index (κ2) is 6.90. The van der Waals surface area contributed by atoms with Crippen LogP contribution in [0.5, 0.6) is 5.75 Å². The fraction of sp³-hybridized carbons (Fsp3) is 0.471. The Kier molecular flexibility index (Phi) is 4.69. The summed E-state index contributed by atoms with van der Waals surface area (Å²) in [6.45, 7) is 0.929. The van der Waals surface area contributed by atoms with Crippen LogP contribution in [0.4, 0.5) is 5.69 Å². The Labute approximate surface area is 139 Å². The first kappa shape index (κ1) is 16.3. The maximum Gasteiger partial charge on any atom is 0.326 e. The second-order valence-corrected chi connectivity index (χ2v) is 6.02. The van der Waals surface area contributed by atoms with Crippen molar-refractivity contribution in [1.29, 1.82) is 0 Å². The van der Waals surface area contributed by atoms with Gasteiger partial charge in [-0.3, -0.25) is 9.59 Å². The van der Waals surface area contributed by atoms with Crippen molar-refractivity contribution in [2.75, 3.05) is 24.6 Å². The third-order valence-corrected chi connectivity index (χ3v) is 4.42. The Morgan fingerprint density at radius 2 is 2.08 bits per heavy atom. The number of carboxylic acid groups (broad SMARTS) is 1. The predicted octanol–water partition coefficient (Wildman–Crippen LogP) is 1.27. The van der Waals surface area contributed by atoms with Crippen LogP contribution in [0, 0.1) is 0 Å². The van der Waals surface area contributed by atoms with Crippen LogP contribution in [-0.4, -0.2) is 53.5 Å². The van der Waals surface area contributed by atoms with E-state index in [-0.39, 0.29) is 18.4 Å². The molecule has 2 aliphatic rings. The normalized spacial score (nSPS) is 20.5. The van der Waals surface area contributed by atoms with Crippen molar-refractivity contribution in [3.8, 4) is 5.75 Å².